The summed E-state index contributed by atoms with van der Waals surface area (Å²) in [5, 5.41) is 3.23. The highest BCUT2D eigenvalue weighted by Crippen LogP contribution is 2.52. The number of aromatic nitrogens is 4. The van der Waals surface area contributed by atoms with Gasteiger partial charge in [-0.25, -0.2) is 14.4 Å². The first-order chi connectivity index (χ1) is 26.0. The number of alkyl halides is 1. The van der Waals surface area contributed by atoms with Gasteiger partial charge in [-0.15, -0.1) is 0 Å². The third-order valence-corrected chi connectivity index (χ3v) is 13.4. The van der Waals surface area contributed by atoms with Crippen molar-refractivity contribution in [1.82, 2.24) is 29.3 Å². The first-order valence-corrected chi connectivity index (χ1v) is 20.7. The monoisotopic (exact) mass is 846 g/mol. The van der Waals surface area contributed by atoms with Crippen LogP contribution in [0.1, 0.15) is 75.3 Å². The van der Waals surface area contributed by atoms with Gasteiger partial charge < -0.3 is 24.4 Å². The van der Waals surface area contributed by atoms with Crippen LogP contribution in [0.4, 0.5) is 21.6 Å². The number of hydrogen-bond donors (Lipinski definition) is 1. The summed E-state index contributed by atoms with van der Waals surface area (Å²) in [4.78, 5) is 48.9. The number of nitrogens with one attached hydrogen (secondary N) is 1. The van der Waals surface area contributed by atoms with Gasteiger partial charge in [-0.3, -0.25) is 19.5 Å². The lowest BCUT2D eigenvalue weighted by Gasteiger charge is -2.47. The number of piperidine rings is 1. The smallest absolute Gasteiger partial charge is 0.238 e. The zero-order valence-corrected chi connectivity index (χ0v) is 33.4. The van der Waals surface area contributed by atoms with E-state index in [4.69, 9.17) is 14.7 Å². The SMILES string of the molecule is CC(I)n1cnc2cc(-c3ccc4c(c3)N(C3CC(N5CCC(C)(C)C5)C3)C(=O)C43CCN(C(=O)C4CCCOC4)CC3)nc(Nc3ccncc3F)c21. The number of anilines is 3. The second kappa shape index (κ2) is 13.8. The first kappa shape index (κ1) is 36.0. The summed E-state index contributed by atoms with van der Waals surface area (Å²) in [5.74, 6) is 0.261. The van der Waals surface area contributed by atoms with Crippen molar-refractivity contribution in [2.75, 3.05) is 49.6 Å². The molecule has 4 aliphatic heterocycles. The second-order valence-corrected chi connectivity index (χ2v) is 18.6. The van der Waals surface area contributed by atoms with Crippen LogP contribution in [0.3, 0.4) is 0 Å². The molecule has 5 aliphatic rings. The Kier molecular flexibility index (Phi) is 9.20. The highest BCUT2D eigenvalue weighted by atomic mass is 127. The minimum atomic E-state index is -0.674. The zero-order valence-electron chi connectivity index (χ0n) is 31.2. The van der Waals surface area contributed by atoms with Gasteiger partial charge in [-0.05, 0) is 87.6 Å². The summed E-state index contributed by atoms with van der Waals surface area (Å²) in [6, 6.07) is 10.5. The van der Waals surface area contributed by atoms with Gasteiger partial charge in [-0.1, -0.05) is 48.6 Å². The van der Waals surface area contributed by atoms with Crippen LogP contribution < -0.4 is 10.2 Å². The van der Waals surface area contributed by atoms with Crippen LogP contribution in [0.25, 0.3) is 22.3 Å². The molecule has 2 amide bonds. The van der Waals surface area contributed by atoms with E-state index < -0.39 is 11.2 Å². The first-order valence-electron chi connectivity index (χ1n) is 19.5. The Hall–Kier alpha value is -3.69. The van der Waals surface area contributed by atoms with E-state index in [1.165, 1.54) is 12.6 Å². The summed E-state index contributed by atoms with van der Waals surface area (Å²) >= 11 is 2.33. The summed E-state index contributed by atoms with van der Waals surface area (Å²) in [6.45, 7) is 11.3. The zero-order chi connectivity index (χ0) is 37.4. The quantitative estimate of drug-likeness (QED) is 0.154. The average Bonchev–Trinajstić information content (AvgIpc) is 3.82. The number of halogens is 2. The Balaban J connectivity index is 1.07. The van der Waals surface area contributed by atoms with Crippen molar-refractivity contribution >= 4 is 62.6 Å². The van der Waals surface area contributed by atoms with Crippen molar-refractivity contribution in [3.8, 4) is 11.3 Å². The topological polar surface area (TPSA) is 109 Å². The van der Waals surface area contributed by atoms with Gasteiger partial charge in [0.25, 0.3) is 0 Å². The molecule has 1 N–H and O–H groups in total. The van der Waals surface area contributed by atoms with Crippen molar-refractivity contribution in [3.05, 3.63) is 60.4 Å². The van der Waals surface area contributed by atoms with E-state index in [0.717, 1.165) is 73.2 Å². The third-order valence-electron chi connectivity index (χ3n) is 12.8. The lowest BCUT2D eigenvalue weighted by Crippen LogP contribution is -2.58. The van der Waals surface area contributed by atoms with Crippen LogP contribution in [0.2, 0.25) is 0 Å². The molecular formula is C41H48FIN8O3. The predicted molar refractivity (Wildman–Crippen MR) is 214 cm³/mol. The number of amides is 2. The fourth-order valence-electron chi connectivity index (χ4n) is 9.60. The molecule has 1 aliphatic carbocycles. The number of benzene rings is 1. The molecule has 7 heterocycles. The maximum absolute atomic E-state index is 15.0. The highest BCUT2D eigenvalue weighted by Gasteiger charge is 2.56. The van der Waals surface area contributed by atoms with Gasteiger partial charge in [-0.2, -0.15) is 0 Å². The molecule has 2 atom stereocenters. The van der Waals surface area contributed by atoms with E-state index in [1.807, 2.05) is 15.5 Å². The minimum absolute atomic E-state index is 0.0782. The highest BCUT2D eigenvalue weighted by molar-refractivity contribution is 14.1. The van der Waals surface area contributed by atoms with Gasteiger partial charge in [0.1, 0.15) is 5.52 Å². The number of ether oxygens (including phenoxy) is 1. The van der Waals surface area contributed by atoms with E-state index in [0.29, 0.717) is 55.5 Å². The fraction of sp³-hybridized carbons (Fsp3) is 0.537. The Morgan fingerprint density at radius 1 is 1.09 bits per heavy atom. The molecular weight excluding hydrogens is 798 g/mol. The molecule has 11 nitrogen and oxygen atoms in total. The molecule has 2 unspecified atom stereocenters. The van der Waals surface area contributed by atoms with E-state index in [2.05, 4.69) is 81.7 Å². The van der Waals surface area contributed by atoms with Crippen molar-refractivity contribution in [1.29, 1.82) is 0 Å². The van der Waals surface area contributed by atoms with Crippen LogP contribution in [0, 0.1) is 17.2 Å². The van der Waals surface area contributed by atoms with Gasteiger partial charge in [0.05, 0.1) is 51.4 Å². The number of rotatable bonds is 7. The maximum Gasteiger partial charge on any atom is 0.238 e. The number of carbonyl (C=O) groups is 2. The van der Waals surface area contributed by atoms with Crippen molar-refractivity contribution < 1.29 is 18.7 Å². The van der Waals surface area contributed by atoms with Crippen molar-refractivity contribution in [3.63, 3.8) is 0 Å². The van der Waals surface area contributed by atoms with Gasteiger partial charge >= 0.3 is 0 Å². The number of fused-ring (bicyclic) bond motifs is 3. The Bertz CT molecular complexity index is 2100. The number of likely N-dealkylation sites (tertiary alicyclic amines) is 2. The number of carbonyl (C=O) groups excluding carboxylic acids is 2. The summed E-state index contributed by atoms with van der Waals surface area (Å²) in [7, 11) is 0. The largest absolute Gasteiger partial charge is 0.381 e. The molecule has 9 rings (SSSR count). The standard InChI is InChI=1S/C41H48FIN8O3/c1-25(43)50-24-45-34-20-33(47-37(36(34)50)46-32-8-12-44-21-31(32)42)26-6-7-30-35(17-26)51(29-18-28(19-29)49-13-9-40(2,3)23-49)39(53)41(30)10-14-48(15-11-41)38(52)27-5-4-16-54-22-27/h6-8,12,17,20-21,24-25,27-29H,4-5,9-11,13-16,18-19,22-23H2,1-3H3,(H,44,46,47). The van der Waals surface area contributed by atoms with Crippen LogP contribution in [0.5, 0.6) is 0 Å². The van der Waals surface area contributed by atoms with Crippen molar-refractivity contribution in [2.45, 2.75) is 87.3 Å². The summed E-state index contributed by atoms with van der Waals surface area (Å²) < 4.78 is 22.6. The van der Waals surface area contributed by atoms with Gasteiger partial charge in [0.15, 0.2) is 11.6 Å². The van der Waals surface area contributed by atoms with E-state index in [1.54, 1.807) is 18.6 Å². The molecule has 3 aromatic heterocycles. The molecule has 1 saturated carbocycles. The van der Waals surface area contributed by atoms with Crippen LogP contribution in [-0.4, -0.2) is 92.6 Å². The second-order valence-electron chi connectivity index (χ2n) is 16.8. The summed E-state index contributed by atoms with van der Waals surface area (Å²) in [6.07, 6.45) is 10.6. The van der Waals surface area contributed by atoms with E-state index in [9.17, 15) is 14.0 Å². The van der Waals surface area contributed by atoms with E-state index >= 15 is 0 Å². The predicted octanol–water partition coefficient (Wildman–Crippen LogP) is 7.23. The lowest BCUT2D eigenvalue weighted by molar-refractivity contribution is -0.143. The normalized spacial score (nSPS) is 25.6. The Morgan fingerprint density at radius 2 is 1.91 bits per heavy atom. The van der Waals surface area contributed by atoms with E-state index in [-0.39, 0.29) is 33.5 Å². The number of hydrogen-bond acceptors (Lipinski definition) is 8. The fourth-order valence-corrected chi connectivity index (χ4v) is 10.0. The molecule has 0 bridgehead atoms. The van der Waals surface area contributed by atoms with Gasteiger partial charge in [0.2, 0.25) is 11.8 Å². The Morgan fingerprint density at radius 3 is 2.61 bits per heavy atom. The average molecular weight is 847 g/mol. The van der Waals surface area contributed by atoms with Crippen LogP contribution in [-0.2, 0) is 19.7 Å². The molecule has 1 spiro atoms. The minimum Gasteiger partial charge on any atom is -0.381 e. The molecule has 1 aromatic carbocycles. The lowest BCUT2D eigenvalue weighted by atomic mass is 9.73. The van der Waals surface area contributed by atoms with Crippen LogP contribution >= 0.6 is 22.6 Å². The molecule has 13 heteroatoms. The van der Waals surface area contributed by atoms with Gasteiger partial charge in [0, 0.05) is 55.8 Å². The third kappa shape index (κ3) is 6.18. The number of imidazole rings is 1. The number of pyridine rings is 2. The Labute approximate surface area is 329 Å². The number of nitrogens with zero attached hydrogens (tertiary/aromatic N) is 7. The molecule has 3 saturated heterocycles. The van der Waals surface area contributed by atoms with Crippen LogP contribution in [0.15, 0.2) is 49.1 Å². The molecule has 0 radical (unpaired) electrons. The maximum atomic E-state index is 15.0. The molecule has 284 valence electrons. The van der Waals surface area contributed by atoms with Crippen molar-refractivity contribution in [2.24, 2.45) is 11.3 Å². The molecule has 4 fully saturated rings. The molecule has 54 heavy (non-hydrogen) atoms. The molecule has 4 aromatic rings. The summed E-state index contributed by atoms with van der Waals surface area (Å²) in [5.41, 5.74) is 4.99.